The van der Waals surface area contributed by atoms with Crippen LogP contribution in [0.5, 0.6) is 11.5 Å². The summed E-state index contributed by atoms with van der Waals surface area (Å²) in [7, 11) is -2.71. The van der Waals surface area contributed by atoms with Crippen LogP contribution in [0.25, 0.3) is 0 Å². The number of nitrogens with zero attached hydrogens (tertiary/aromatic N) is 2. The third-order valence-electron chi connectivity index (χ3n) is 4.15. The van der Waals surface area contributed by atoms with Crippen LogP contribution >= 0.6 is 0 Å². The number of hydrogen-bond acceptors (Lipinski definition) is 6. The summed E-state index contributed by atoms with van der Waals surface area (Å²) in [6, 6.07) is 9.76. The van der Waals surface area contributed by atoms with Crippen LogP contribution < -0.4 is 9.47 Å². The van der Waals surface area contributed by atoms with E-state index in [1.165, 1.54) is 25.4 Å². The molecule has 0 bridgehead atoms. The molecular formula is C20H20N2O5S. The van der Waals surface area contributed by atoms with Gasteiger partial charge in [0.25, 0.3) is 10.0 Å². The van der Waals surface area contributed by atoms with Crippen LogP contribution in [0.4, 0.5) is 0 Å². The van der Waals surface area contributed by atoms with Crippen LogP contribution in [0, 0.1) is 6.92 Å². The molecule has 3 rings (SSSR count). The predicted octanol–water partition coefficient (Wildman–Crippen LogP) is 2.79. The zero-order valence-corrected chi connectivity index (χ0v) is 16.4. The van der Waals surface area contributed by atoms with E-state index in [0.717, 1.165) is 16.1 Å². The van der Waals surface area contributed by atoms with Crippen molar-refractivity contribution in [1.82, 2.24) is 4.41 Å². The summed E-state index contributed by atoms with van der Waals surface area (Å²) < 4.78 is 37.6. The fourth-order valence-electron chi connectivity index (χ4n) is 2.66. The van der Waals surface area contributed by atoms with Crippen LogP contribution in [0.2, 0.25) is 0 Å². The van der Waals surface area contributed by atoms with Crippen LogP contribution in [-0.4, -0.2) is 45.1 Å². The van der Waals surface area contributed by atoms with Crippen LogP contribution in [0.3, 0.4) is 0 Å². The molecule has 1 aliphatic rings. The second-order valence-electron chi connectivity index (χ2n) is 6.15. The number of aryl methyl sites for hydroxylation is 1. The average molecular weight is 400 g/mol. The Labute approximate surface area is 163 Å². The number of sulfonamides is 1. The van der Waals surface area contributed by atoms with Gasteiger partial charge < -0.3 is 9.47 Å². The molecule has 0 aromatic heterocycles. The Morgan fingerprint density at radius 3 is 2.57 bits per heavy atom. The highest BCUT2D eigenvalue weighted by Gasteiger charge is 2.25. The minimum Gasteiger partial charge on any atom is -0.486 e. The molecule has 1 aliphatic heterocycles. The number of carbonyl (C=O) groups is 1. The van der Waals surface area contributed by atoms with Gasteiger partial charge in [-0.15, -0.1) is 0 Å². The zero-order chi connectivity index (χ0) is 20.3. The molecule has 0 saturated heterocycles. The largest absolute Gasteiger partial charge is 0.486 e. The highest BCUT2D eigenvalue weighted by molar-refractivity contribution is 7.89. The molecule has 0 saturated carbocycles. The lowest BCUT2D eigenvalue weighted by Crippen LogP contribution is -2.24. The molecule has 146 valence electrons. The van der Waals surface area contributed by atoms with Crippen molar-refractivity contribution in [3.8, 4) is 11.5 Å². The second kappa shape index (κ2) is 7.85. The first kappa shape index (κ1) is 19.6. The number of benzene rings is 2. The normalized spacial score (nSPS) is 13.4. The van der Waals surface area contributed by atoms with Gasteiger partial charge in [0.1, 0.15) is 18.1 Å². The van der Waals surface area contributed by atoms with E-state index in [9.17, 15) is 13.2 Å². The van der Waals surface area contributed by atoms with Crippen LogP contribution in [0.15, 0.2) is 59.1 Å². The number of fused-ring (bicyclic) bond motifs is 1. The Balaban J connectivity index is 1.90. The maximum atomic E-state index is 12.9. The van der Waals surface area contributed by atoms with Gasteiger partial charge in [-0.2, -0.15) is 17.9 Å². The molecule has 0 spiro atoms. The smallest absolute Gasteiger partial charge is 0.279 e. The van der Waals surface area contributed by atoms with Crippen molar-refractivity contribution in [2.75, 3.05) is 20.3 Å². The van der Waals surface area contributed by atoms with E-state index in [1.54, 1.807) is 31.2 Å². The molecule has 0 atom stereocenters. The van der Waals surface area contributed by atoms with Crippen molar-refractivity contribution in [3.63, 3.8) is 0 Å². The van der Waals surface area contributed by atoms with Gasteiger partial charge in [0, 0.05) is 12.6 Å². The molecule has 0 aliphatic carbocycles. The van der Waals surface area contributed by atoms with Gasteiger partial charge in [-0.3, -0.25) is 4.79 Å². The summed E-state index contributed by atoms with van der Waals surface area (Å²) in [6.45, 7) is 6.16. The SMILES string of the molecule is C=CC(=O)c1cc(C)ccc1S(=O)(=O)N(C)/N=C/c1ccc2c(c1)OCCO2. The van der Waals surface area contributed by atoms with Gasteiger partial charge in [-0.05, 0) is 48.9 Å². The van der Waals surface area contributed by atoms with Crippen LogP contribution in [-0.2, 0) is 10.0 Å². The molecule has 0 fully saturated rings. The maximum Gasteiger partial charge on any atom is 0.279 e. The van der Waals surface area contributed by atoms with Gasteiger partial charge in [0.05, 0.1) is 6.21 Å². The highest BCUT2D eigenvalue weighted by Crippen LogP contribution is 2.30. The third-order valence-corrected chi connectivity index (χ3v) is 5.85. The minimum atomic E-state index is -4.02. The summed E-state index contributed by atoms with van der Waals surface area (Å²) in [6.07, 6.45) is 2.49. The standard InChI is InChI=1S/C20H20N2O5S/c1-4-17(23)16-11-14(2)5-8-20(16)28(24,25)22(3)21-13-15-6-7-18-19(12-15)27-10-9-26-18/h4-8,11-13H,1,9-10H2,2-3H3/b21-13+. The first-order valence-corrected chi connectivity index (χ1v) is 9.97. The van der Waals surface area contributed by atoms with Crippen molar-refractivity contribution in [2.45, 2.75) is 11.8 Å². The zero-order valence-electron chi connectivity index (χ0n) is 15.6. The second-order valence-corrected chi connectivity index (χ2v) is 8.07. The van der Waals surface area contributed by atoms with E-state index in [-0.39, 0.29) is 10.5 Å². The van der Waals surface area contributed by atoms with Gasteiger partial charge in [0.2, 0.25) is 0 Å². The fraction of sp³-hybridized carbons (Fsp3) is 0.200. The Hall–Kier alpha value is -3.13. The van der Waals surface area contributed by atoms with E-state index in [0.29, 0.717) is 30.3 Å². The first-order valence-electron chi connectivity index (χ1n) is 8.53. The van der Waals surface area contributed by atoms with Crippen molar-refractivity contribution in [3.05, 3.63) is 65.7 Å². The van der Waals surface area contributed by atoms with Crippen molar-refractivity contribution >= 4 is 22.0 Å². The number of carbonyl (C=O) groups excluding carboxylic acids is 1. The number of ether oxygens (including phenoxy) is 2. The third kappa shape index (κ3) is 3.91. The van der Waals surface area contributed by atoms with E-state index < -0.39 is 15.8 Å². The number of hydrogen-bond donors (Lipinski definition) is 0. The summed E-state index contributed by atoms with van der Waals surface area (Å²) in [5.41, 5.74) is 1.49. The van der Waals surface area contributed by atoms with E-state index >= 15 is 0 Å². The topological polar surface area (TPSA) is 85.3 Å². The van der Waals surface area contributed by atoms with E-state index in [1.807, 2.05) is 0 Å². The molecule has 0 unspecified atom stereocenters. The van der Waals surface area contributed by atoms with Crippen molar-refractivity contribution < 1.29 is 22.7 Å². The number of ketones is 1. The molecular weight excluding hydrogens is 380 g/mol. The van der Waals surface area contributed by atoms with Gasteiger partial charge in [0.15, 0.2) is 17.3 Å². The number of allylic oxidation sites excluding steroid dienone is 1. The molecule has 0 amide bonds. The maximum absolute atomic E-state index is 12.9. The Morgan fingerprint density at radius 1 is 1.14 bits per heavy atom. The summed E-state index contributed by atoms with van der Waals surface area (Å²) in [4.78, 5) is 12.0. The molecule has 2 aromatic rings. The number of rotatable bonds is 6. The van der Waals surface area contributed by atoms with Crippen LogP contribution in [0.1, 0.15) is 21.5 Å². The molecule has 7 nitrogen and oxygen atoms in total. The predicted molar refractivity (Wildman–Crippen MR) is 106 cm³/mol. The lowest BCUT2D eigenvalue weighted by molar-refractivity contribution is 0.104. The molecule has 8 heteroatoms. The van der Waals surface area contributed by atoms with Crippen molar-refractivity contribution in [1.29, 1.82) is 0 Å². The van der Waals surface area contributed by atoms with Gasteiger partial charge >= 0.3 is 0 Å². The molecule has 28 heavy (non-hydrogen) atoms. The average Bonchev–Trinajstić information content (AvgIpc) is 2.70. The summed E-state index contributed by atoms with van der Waals surface area (Å²) in [5, 5.41) is 4.03. The lowest BCUT2D eigenvalue weighted by Gasteiger charge is -2.18. The molecule has 1 heterocycles. The monoisotopic (exact) mass is 400 g/mol. The molecule has 2 aromatic carbocycles. The minimum absolute atomic E-state index is 0.0661. The Morgan fingerprint density at radius 2 is 1.86 bits per heavy atom. The lowest BCUT2D eigenvalue weighted by atomic mass is 10.1. The number of hydrazone groups is 1. The quantitative estimate of drug-likeness (QED) is 0.322. The van der Waals surface area contributed by atoms with E-state index in [4.69, 9.17) is 9.47 Å². The fourth-order valence-corrected chi connectivity index (χ4v) is 3.80. The Bertz CT molecular complexity index is 1060. The summed E-state index contributed by atoms with van der Waals surface area (Å²) >= 11 is 0. The molecule has 0 N–H and O–H groups in total. The Kier molecular flexibility index (Phi) is 5.51. The van der Waals surface area contributed by atoms with Gasteiger partial charge in [-0.1, -0.05) is 18.2 Å². The molecule has 0 radical (unpaired) electrons. The first-order chi connectivity index (χ1) is 13.3. The van der Waals surface area contributed by atoms with Crippen molar-refractivity contribution in [2.24, 2.45) is 5.10 Å². The summed E-state index contributed by atoms with van der Waals surface area (Å²) in [5.74, 6) is 0.751. The highest BCUT2D eigenvalue weighted by atomic mass is 32.2. The van der Waals surface area contributed by atoms with E-state index in [2.05, 4.69) is 11.7 Å². The van der Waals surface area contributed by atoms with Gasteiger partial charge in [-0.25, -0.2) is 0 Å².